The number of amides is 2. The van der Waals surface area contributed by atoms with Gasteiger partial charge in [0, 0.05) is 15.3 Å². The molecule has 1 heterocycles. The van der Waals surface area contributed by atoms with E-state index in [-0.39, 0.29) is 10.7 Å². The van der Waals surface area contributed by atoms with Gasteiger partial charge in [0.2, 0.25) is 0 Å². The summed E-state index contributed by atoms with van der Waals surface area (Å²) in [6.07, 6.45) is 0. The van der Waals surface area contributed by atoms with Gasteiger partial charge in [0.15, 0.2) is 0 Å². The molecular formula is C18H14ClIN2O3. The second-order valence-corrected chi connectivity index (χ2v) is 7.05. The van der Waals surface area contributed by atoms with Crippen molar-refractivity contribution < 1.29 is 14.3 Å². The number of carbonyl (C=O) groups excluding carboxylic acids is 2. The molecule has 0 radical (unpaired) electrons. The first-order valence-electron chi connectivity index (χ1n) is 7.38. The van der Waals surface area contributed by atoms with Gasteiger partial charge in [-0.3, -0.25) is 9.59 Å². The highest BCUT2D eigenvalue weighted by molar-refractivity contribution is 14.1. The van der Waals surface area contributed by atoms with Crippen LogP contribution in [0.2, 0.25) is 0 Å². The number of imide groups is 1. The quantitative estimate of drug-likeness (QED) is 0.543. The van der Waals surface area contributed by atoms with Crippen LogP contribution in [0.1, 0.15) is 5.56 Å². The van der Waals surface area contributed by atoms with Crippen molar-refractivity contribution in [1.82, 2.24) is 0 Å². The second kappa shape index (κ2) is 7.05. The predicted octanol–water partition coefficient (Wildman–Crippen LogP) is 4.04. The Balaban J connectivity index is 1.93. The van der Waals surface area contributed by atoms with Crippen LogP contribution in [0.4, 0.5) is 11.4 Å². The monoisotopic (exact) mass is 468 g/mol. The third-order valence-electron chi connectivity index (χ3n) is 3.77. The zero-order chi connectivity index (χ0) is 18.1. The van der Waals surface area contributed by atoms with Gasteiger partial charge in [0.25, 0.3) is 11.8 Å². The van der Waals surface area contributed by atoms with Gasteiger partial charge >= 0.3 is 0 Å². The molecule has 0 saturated carbocycles. The lowest BCUT2D eigenvalue weighted by molar-refractivity contribution is -0.120. The van der Waals surface area contributed by atoms with Crippen LogP contribution in [0.3, 0.4) is 0 Å². The van der Waals surface area contributed by atoms with Crippen LogP contribution in [0.15, 0.2) is 53.2 Å². The summed E-state index contributed by atoms with van der Waals surface area (Å²) in [6.45, 7) is 1.85. The molecule has 0 fully saturated rings. The van der Waals surface area contributed by atoms with Crippen molar-refractivity contribution in [2.75, 3.05) is 17.3 Å². The number of rotatable bonds is 4. The minimum atomic E-state index is -0.540. The Morgan fingerprint density at radius 2 is 1.88 bits per heavy atom. The lowest BCUT2D eigenvalue weighted by Gasteiger charge is -2.17. The third kappa shape index (κ3) is 3.36. The van der Waals surface area contributed by atoms with Crippen molar-refractivity contribution >= 4 is 57.4 Å². The van der Waals surface area contributed by atoms with E-state index in [1.54, 1.807) is 37.4 Å². The molecule has 5 nitrogen and oxygen atoms in total. The molecule has 2 amide bonds. The normalized spacial score (nSPS) is 14.3. The smallest absolute Gasteiger partial charge is 0.283 e. The van der Waals surface area contributed by atoms with Crippen LogP contribution in [0.25, 0.3) is 0 Å². The number of carbonyl (C=O) groups is 2. The second-order valence-electron chi connectivity index (χ2n) is 5.42. The van der Waals surface area contributed by atoms with E-state index in [1.165, 1.54) is 0 Å². The number of ether oxygens (including phenoxy) is 1. The topological polar surface area (TPSA) is 58.6 Å². The average Bonchev–Trinajstić information content (AvgIpc) is 2.79. The third-order valence-corrected chi connectivity index (χ3v) is 4.79. The number of nitrogens with zero attached hydrogens (tertiary/aromatic N) is 1. The minimum absolute atomic E-state index is 0.0536. The van der Waals surface area contributed by atoms with Crippen molar-refractivity contribution in [3.8, 4) is 5.75 Å². The summed E-state index contributed by atoms with van der Waals surface area (Å²) in [5.74, 6) is -0.396. The van der Waals surface area contributed by atoms with E-state index in [4.69, 9.17) is 16.3 Å². The van der Waals surface area contributed by atoms with Gasteiger partial charge in [-0.2, -0.15) is 0 Å². The standard InChI is InChI=1S/C18H14ClIN2O3/c1-10-8-11(20)6-7-14(10)22-17(23)15(19)16(18(22)24)21-12-4-3-5-13(9-12)25-2/h3-9,21H,1-2H3. The molecule has 3 rings (SSSR count). The number of methoxy groups -OCH3 is 1. The number of aryl methyl sites for hydroxylation is 1. The van der Waals surface area contributed by atoms with Gasteiger partial charge in [0.1, 0.15) is 16.5 Å². The molecule has 2 aromatic rings. The molecule has 0 aliphatic carbocycles. The van der Waals surface area contributed by atoms with Gasteiger partial charge in [-0.1, -0.05) is 17.7 Å². The first-order valence-corrected chi connectivity index (χ1v) is 8.84. The van der Waals surface area contributed by atoms with Gasteiger partial charge in [-0.05, 0) is 65.4 Å². The van der Waals surface area contributed by atoms with E-state index in [0.717, 1.165) is 14.0 Å². The number of anilines is 2. The fourth-order valence-electron chi connectivity index (χ4n) is 2.55. The molecule has 0 spiro atoms. The molecule has 0 bridgehead atoms. The Morgan fingerprint density at radius 1 is 1.12 bits per heavy atom. The van der Waals surface area contributed by atoms with Crippen molar-refractivity contribution in [1.29, 1.82) is 0 Å². The summed E-state index contributed by atoms with van der Waals surface area (Å²) in [7, 11) is 1.55. The average molecular weight is 469 g/mol. The zero-order valence-electron chi connectivity index (χ0n) is 13.5. The molecule has 1 N–H and O–H groups in total. The van der Waals surface area contributed by atoms with Crippen LogP contribution in [0.5, 0.6) is 5.75 Å². The molecule has 0 aromatic heterocycles. The van der Waals surface area contributed by atoms with E-state index in [0.29, 0.717) is 17.1 Å². The summed E-state index contributed by atoms with van der Waals surface area (Å²) in [5.41, 5.74) is 2.00. The number of halogens is 2. The predicted molar refractivity (Wildman–Crippen MR) is 106 cm³/mol. The van der Waals surface area contributed by atoms with Crippen LogP contribution in [0, 0.1) is 10.5 Å². The molecule has 25 heavy (non-hydrogen) atoms. The lowest BCUT2D eigenvalue weighted by atomic mass is 10.2. The van der Waals surface area contributed by atoms with Crippen molar-refractivity contribution in [3.05, 3.63) is 62.3 Å². The highest BCUT2D eigenvalue weighted by atomic mass is 127. The summed E-state index contributed by atoms with van der Waals surface area (Å²) in [5, 5.41) is 2.80. The van der Waals surface area contributed by atoms with Gasteiger partial charge < -0.3 is 10.1 Å². The summed E-state index contributed by atoms with van der Waals surface area (Å²) >= 11 is 8.32. The maximum Gasteiger partial charge on any atom is 0.283 e. The number of hydrogen-bond acceptors (Lipinski definition) is 4. The number of benzene rings is 2. The number of nitrogens with one attached hydrogen (secondary N) is 1. The first kappa shape index (κ1) is 17.8. The van der Waals surface area contributed by atoms with Crippen LogP contribution in [-0.4, -0.2) is 18.9 Å². The van der Waals surface area contributed by atoms with Crippen LogP contribution in [-0.2, 0) is 9.59 Å². The van der Waals surface area contributed by atoms with E-state index in [2.05, 4.69) is 27.9 Å². The van der Waals surface area contributed by atoms with Crippen molar-refractivity contribution in [2.45, 2.75) is 6.92 Å². The fourth-order valence-corrected chi connectivity index (χ4v) is 3.40. The van der Waals surface area contributed by atoms with Crippen molar-refractivity contribution in [3.63, 3.8) is 0 Å². The van der Waals surface area contributed by atoms with Gasteiger partial charge in [-0.25, -0.2) is 4.90 Å². The zero-order valence-corrected chi connectivity index (χ0v) is 16.4. The van der Waals surface area contributed by atoms with Crippen LogP contribution >= 0.6 is 34.2 Å². The van der Waals surface area contributed by atoms with E-state index >= 15 is 0 Å². The Hall–Kier alpha value is -2.06. The van der Waals surface area contributed by atoms with E-state index in [1.807, 2.05) is 19.1 Å². The molecule has 1 aliphatic heterocycles. The fraction of sp³-hybridized carbons (Fsp3) is 0.111. The summed E-state index contributed by atoms with van der Waals surface area (Å²) < 4.78 is 6.18. The Bertz CT molecular complexity index is 911. The molecule has 2 aromatic carbocycles. The molecule has 0 saturated heterocycles. The van der Waals surface area contributed by atoms with Gasteiger partial charge in [-0.15, -0.1) is 0 Å². The van der Waals surface area contributed by atoms with Crippen molar-refractivity contribution in [2.24, 2.45) is 0 Å². The van der Waals surface area contributed by atoms with E-state index in [9.17, 15) is 9.59 Å². The molecular weight excluding hydrogens is 455 g/mol. The number of hydrogen-bond donors (Lipinski definition) is 1. The summed E-state index contributed by atoms with van der Waals surface area (Å²) in [4.78, 5) is 26.4. The highest BCUT2D eigenvalue weighted by Gasteiger charge is 2.39. The molecule has 0 atom stereocenters. The molecule has 7 heteroatoms. The Kier molecular flexibility index (Phi) is 5.01. The van der Waals surface area contributed by atoms with E-state index < -0.39 is 11.8 Å². The maximum absolute atomic E-state index is 12.8. The van der Waals surface area contributed by atoms with Gasteiger partial charge in [0.05, 0.1) is 12.8 Å². The Morgan fingerprint density at radius 3 is 2.56 bits per heavy atom. The lowest BCUT2D eigenvalue weighted by Crippen LogP contribution is -2.32. The first-order chi connectivity index (χ1) is 11.9. The molecule has 1 aliphatic rings. The Labute approximate surface area is 163 Å². The summed E-state index contributed by atoms with van der Waals surface area (Å²) in [6, 6.07) is 12.5. The SMILES string of the molecule is COc1cccc(NC2=C(Cl)C(=O)N(c3ccc(I)cc3C)C2=O)c1. The maximum atomic E-state index is 12.8. The van der Waals surface area contributed by atoms with Crippen LogP contribution < -0.4 is 15.0 Å². The minimum Gasteiger partial charge on any atom is -0.497 e. The molecule has 0 unspecified atom stereocenters. The largest absolute Gasteiger partial charge is 0.497 e. The highest BCUT2D eigenvalue weighted by Crippen LogP contribution is 2.32. The molecule has 128 valence electrons.